The number of carbonyl (C=O) groups excluding carboxylic acids is 2. The number of nitrogens with zero attached hydrogens (tertiary/aromatic N) is 3. The van der Waals surface area contributed by atoms with Crippen molar-refractivity contribution in [2.24, 2.45) is 0 Å². The van der Waals surface area contributed by atoms with Gasteiger partial charge in [0.1, 0.15) is 10.3 Å². The van der Waals surface area contributed by atoms with Gasteiger partial charge in [-0.3, -0.25) is 14.5 Å². The number of hydrogen-bond donors (Lipinski definition) is 0. The molecular formula is C10H9Cl2N3O2S. The van der Waals surface area contributed by atoms with Crippen LogP contribution in [0.2, 0.25) is 10.3 Å². The van der Waals surface area contributed by atoms with E-state index in [9.17, 15) is 9.59 Å². The molecule has 5 nitrogen and oxygen atoms in total. The molecule has 0 bridgehead atoms. The number of amides is 1. The van der Waals surface area contributed by atoms with Gasteiger partial charge in [0.25, 0.3) is 0 Å². The highest BCUT2D eigenvalue weighted by atomic mass is 35.5. The van der Waals surface area contributed by atoms with E-state index in [1.54, 1.807) is 0 Å². The van der Waals surface area contributed by atoms with Crippen molar-refractivity contribution in [3.8, 4) is 0 Å². The fourth-order valence-corrected chi connectivity index (χ4v) is 3.01. The number of aromatic nitrogens is 2. The van der Waals surface area contributed by atoms with Crippen molar-refractivity contribution in [3.05, 3.63) is 16.4 Å². The second kappa shape index (κ2) is 5.42. The summed E-state index contributed by atoms with van der Waals surface area (Å²) in [6.45, 7) is 1.87. The van der Waals surface area contributed by atoms with E-state index in [1.165, 1.54) is 17.9 Å². The highest BCUT2D eigenvalue weighted by molar-refractivity contribution is 8.14. The van der Waals surface area contributed by atoms with E-state index >= 15 is 0 Å². The maximum Gasteiger partial charge on any atom is 0.235 e. The third-order valence-electron chi connectivity index (χ3n) is 2.32. The quantitative estimate of drug-likeness (QED) is 0.784. The number of hydrogen-bond acceptors (Lipinski definition) is 5. The van der Waals surface area contributed by atoms with Gasteiger partial charge in [-0.05, 0) is 0 Å². The first-order chi connectivity index (χ1) is 8.45. The molecule has 0 aromatic carbocycles. The molecule has 2 heterocycles. The summed E-state index contributed by atoms with van der Waals surface area (Å²) in [7, 11) is 0. The molecule has 2 rings (SSSR count). The summed E-state index contributed by atoms with van der Waals surface area (Å²) >= 11 is 12.7. The van der Waals surface area contributed by atoms with Gasteiger partial charge in [0.05, 0.1) is 0 Å². The minimum atomic E-state index is -0.132. The standard InChI is InChI=1S/C10H9Cl2N3O2S/c1-5(16)18-6-2-9(17)15(4-6)10-13-7(11)3-8(12)14-10/h3,6H,2,4H2,1H3. The van der Waals surface area contributed by atoms with Gasteiger partial charge in [0.2, 0.25) is 11.9 Å². The van der Waals surface area contributed by atoms with Crippen molar-refractivity contribution in [1.82, 2.24) is 9.97 Å². The van der Waals surface area contributed by atoms with E-state index in [0.717, 1.165) is 11.8 Å². The van der Waals surface area contributed by atoms with Crippen molar-refractivity contribution in [1.29, 1.82) is 0 Å². The van der Waals surface area contributed by atoms with Gasteiger partial charge in [-0.15, -0.1) is 0 Å². The summed E-state index contributed by atoms with van der Waals surface area (Å²) in [6, 6.07) is 1.40. The topological polar surface area (TPSA) is 63.2 Å². The molecule has 1 aliphatic rings. The van der Waals surface area contributed by atoms with Crippen LogP contribution in [0, 0.1) is 0 Å². The molecule has 1 amide bonds. The predicted octanol–water partition coefficient (Wildman–Crippen LogP) is 2.17. The first-order valence-corrected chi connectivity index (χ1v) is 6.77. The molecule has 1 unspecified atom stereocenters. The van der Waals surface area contributed by atoms with Gasteiger partial charge >= 0.3 is 0 Å². The van der Waals surface area contributed by atoms with Gasteiger partial charge < -0.3 is 0 Å². The Kier molecular flexibility index (Phi) is 4.09. The molecule has 1 aromatic rings. The van der Waals surface area contributed by atoms with E-state index in [2.05, 4.69) is 9.97 Å². The maximum atomic E-state index is 11.8. The predicted molar refractivity (Wildman–Crippen MR) is 71.1 cm³/mol. The van der Waals surface area contributed by atoms with Crippen LogP contribution in [-0.2, 0) is 9.59 Å². The average Bonchev–Trinajstić information content (AvgIpc) is 2.56. The highest BCUT2D eigenvalue weighted by Gasteiger charge is 2.33. The Labute approximate surface area is 118 Å². The zero-order valence-electron chi connectivity index (χ0n) is 9.39. The van der Waals surface area contributed by atoms with Gasteiger partial charge in [0.15, 0.2) is 5.12 Å². The molecule has 0 radical (unpaired) electrons. The van der Waals surface area contributed by atoms with E-state index in [1.807, 2.05) is 0 Å². The smallest absolute Gasteiger partial charge is 0.235 e. The van der Waals surface area contributed by atoms with Crippen molar-refractivity contribution in [2.75, 3.05) is 11.4 Å². The lowest BCUT2D eigenvalue weighted by molar-refractivity contribution is -0.117. The van der Waals surface area contributed by atoms with Crippen LogP contribution in [0.15, 0.2) is 6.07 Å². The Hall–Kier alpha value is -0.850. The molecule has 0 N–H and O–H groups in total. The SMILES string of the molecule is CC(=O)SC1CC(=O)N(c2nc(Cl)cc(Cl)n2)C1. The first kappa shape index (κ1) is 13.6. The molecule has 18 heavy (non-hydrogen) atoms. The number of anilines is 1. The molecular weight excluding hydrogens is 297 g/mol. The van der Waals surface area contributed by atoms with Crippen molar-refractivity contribution >= 4 is 51.9 Å². The number of thioether (sulfide) groups is 1. The van der Waals surface area contributed by atoms with Gasteiger partial charge in [-0.1, -0.05) is 35.0 Å². The Balaban J connectivity index is 2.18. The van der Waals surface area contributed by atoms with Crippen molar-refractivity contribution in [3.63, 3.8) is 0 Å². The lowest BCUT2D eigenvalue weighted by atomic mass is 10.4. The maximum absolute atomic E-state index is 11.8. The second-order valence-corrected chi connectivity index (χ2v) is 6.01. The summed E-state index contributed by atoms with van der Waals surface area (Å²) < 4.78 is 0. The van der Waals surface area contributed by atoms with Crippen LogP contribution >= 0.6 is 35.0 Å². The minimum absolute atomic E-state index is 0.0142. The molecule has 0 aliphatic carbocycles. The Bertz CT molecular complexity index is 492. The monoisotopic (exact) mass is 305 g/mol. The molecule has 1 aliphatic heterocycles. The van der Waals surface area contributed by atoms with Crippen LogP contribution in [0.5, 0.6) is 0 Å². The third kappa shape index (κ3) is 3.13. The largest absolute Gasteiger partial charge is 0.288 e. The minimum Gasteiger partial charge on any atom is -0.288 e. The van der Waals surface area contributed by atoms with Crippen LogP contribution in [0.4, 0.5) is 5.95 Å². The lowest BCUT2D eigenvalue weighted by Gasteiger charge is -2.14. The van der Waals surface area contributed by atoms with E-state index in [0.29, 0.717) is 6.54 Å². The Morgan fingerprint density at radius 2 is 2.06 bits per heavy atom. The van der Waals surface area contributed by atoms with Crippen LogP contribution < -0.4 is 4.90 Å². The van der Waals surface area contributed by atoms with Crippen molar-refractivity contribution < 1.29 is 9.59 Å². The molecule has 0 saturated carbocycles. The van der Waals surface area contributed by atoms with Crippen LogP contribution in [-0.4, -0.2) is 32.8 Å². The average molecular weight is 306 g/mol. The summed E-state index contributed by atoms with van der Waals surface area (Å²) in [5, 5.41) is 0.275. The summed E-state index contributed by atoms with van der Waals surface area (Å²) in [6.07, 6.45) is 0.289. The summed E-state index contributed by atoms with van der Waals surface area (Å²) in [5.74, 6) is 0.0521. The number of halogens is 2. The molecule has 96 valence electrons. The fourth-order valence-electron chi connectivity index (χ4n) is 1.68. The van der Waals surface area contributed by atoms with Gasteiger partial charge in [-0.25, -0.2) is 9.97 Å². The summed E-state index contributed by atoms with van der Waals surface area (Å²) in [4.78, 5) is 32.2. The van der Waals surface area contributed by atoms with Crippen LogP contribution in [0.3, 0.4) is 0 Å². The van der Waals surface area contributed by atoms with Gasteiger partial charge in [-0.2, -0.15) is 0 Å². The second-order valence-electron chi connectivity index (χ2n) is 3.75. The molecule has 1 fully saturated rings. The molecule has 1 saturated heterocycles. The Morgan fingerprint density at radius 1 is 1.44 bits per heavy atom. The molecule has 1 aromatic heterocycles. The first-order valence-electron chi connectivity index (χ1n) is 5.13. The number of carbonyl (C=O) groups is 2. The normalized spacial score (nSPS) is 19.4. The molecule has 1 atom stereocenters. The van der Waals surface area contributed by atoms with Crippen LogP contribution in [0.25, 0.3) is 0 Å². The third-order valence-corrected chi connectivity index (χ3v) is 3.68. The van der Waals surface area contributed by atoms with Crippen molar-refractivity contribution in [2.45, 2.75) is 18.6 Å². The van der Waals surface area contributed by atoms with Crippen LogP contribution in [0.1, 0.15) is 13.3 Å². The highest BCUT2D eigenvalue weighted by Crippen LogP contribution is 2.28. The zero-order valence-corrected chi connectivity index (χ0v) is 11.7. The summed E-state index contributed by atoms with van der Waals surface area (Å²) in [5.41, 5.74) is 0. The number of rotatable bonds is 2. The van der Waals surface area contributed by atoms with Gasteiger partial charge in [0, 0.05) is 31.2 Å². The molecule has 8 heteroatoms. The molecule has 0 spiro atoms. The van der Waals surface area contributed by atoms with E-state index in [-0.39, 0.29) is 38.9 Å². The van der Waals surface area contributed by atoms with E-state index < -0.39 is 0 Å². The zero-order chi connectivity index (χ0) is 13.3. The Morgan fingerprint density at radius 3 is 2.61 bits per heavy atom. The fraction of sp³-hybridized carbons (Fsp3) is 0.400. The lowest BCUT2D eigenvalue weighted by Crippen LogP contribution is -2.27. The van der Waals surface area contributed by atoms with E-state index in [4.69, 9.17) is 23.2 Å².